The van der Waals surface area contributed by atoms with Crippen molar-refractivity contribution in [3.63, 3.8) is 0 Å². The number of hydrogen-bond acceptors (Lipinski definition) is 2. The summed E-state index contributed by atoms with van der Waals surface area (Å²) < 4.78 is 0. The van der Waals surface area contributed by atoms with E-state index < -0.39 is 0 Å². The maximum absolute atomic E-state index is 11.3. The Kier molecular flexibility index (Phi) is 0.953. The van der Waals surface area contributed by atoms with Crippen molar-refractivity contribution in [3.8, 4) is 0 Å². The molecule has 1 heterocycles. The molecule has 2 atom stereocenters. The molecule has 1 N–H and O–H groups in total. The Morgan fingerprint density at radius 1 is 1.00 bits per heavy atom. The first-order valence-electron chi connectivity index (χ1n) is 4.37. The molecular weight excluding hydrogens is 154 g/mol. The van der Waals surface area contributed by atoms with Crippen LogP contribution in [0.3, 0.4) is 0 Å². The van der Waals surface area contributed by atoms with E-state index in [1.165, 1.54) is 0 Å². The van der Waals surface area contributed by atoms with Crippen LogP contribution in [0.5, 0.6) is 0 Å². The summed E-state index contributed by atoms with van der Waals surface area (Å²) in [5, 5.41) is 2.37. The molecule has 2 aliphatic carbocycles. The van der Waals surface area contributed by atoms with Gasteiger partial charge in [-0.3, -0.25) is 14.9 Å². The summed E-state index contributed by atoms with van der Waals surface area (Å²) in [6.07, 6.45) is 3.25. The van der Waals surface area contributed by atoms with Crippen LogP contribution in [0.4, 0.5) is 0 Å². The van der Waals surface area contributed by atoms with Crippen molar-refractivity contribution in [1.29, 1.82) is 0 Å². The number of carbonyl (C=O) groups is 2. The van der Waals surface area contributed by atoms with Gasteiger partial charge in [-0.1, -0.05) is 0 Å². The summed E-state index contributed by atoms with van der Waals surface area (Å²) in [7, 11) is 0. The van der Waals surface area contributed by atoms with Crippen LogP contribution in [-0.4, -0.2) is 11.8 Å². The standard InChI is InChI=1S/C9H9NO2/c11-8-6-4-1-2-5(3-4)7(6)9(12)10-8/h4-5H,1-3H2,(H,10,11,12)/t4-,5?/m0/s1. The molecule has 3 aliphatic rings. The summed E-state index contributed by atoms with van der Waals surface area (Å²) in [5.41, 5.74) is 1.63. The third-order valence-electron chi connectivity index (χ3n) is 3.26. The molecule has 1 unspecified atom stereocenters. The number of nitrogens with one attached hydrogen (secondary N) is 1. The van der Waals surface area contributed by atoms with Crippen molar-refractivity contribution in [2.45, 2.75) is 19.3 Å². The summed E-state index contributed by atoms with van der Waals surface area (Å²) >= 11 is 0. The van der Waals surface area contributed by atoms with E-state index in [9.17, 15) is 9.59 Å². The topological polar surface area (TPSA) is 46.2 Å². The Balaban J connectivity index is 2.18. The number of carbonyl (C=O) groups excluding carboxylic acids is 2. The number of hydrogen-bond donors (Lipinski definition) is 1. The zero-order valence-corrected chi connectivity index (χ0v) is 6.59. The molecule has 12 heavy (non-hydrogen) atoms. The lowest BCUT2D eigenvalue weighted by molar-refractivity contribution is -0.124. The zero-order chi connectivity index (χ0) is 8.29. The fourth-order valence-corrected chi connectivity index (χ4v) is 2.80. The molecule has 3 nitrogen and oxygen atoms in total. The van der Waals surface area contributed by atoms with Gasteiger partial charge < -0.3 is 0 Å². The van der Waals surface area contributed by atoms with Gasteiger partial charge in [-0.15, -0.1) is 0 Å². The third kappa shape index (κ3) is 0.543. The molecule has 0 aromatic rings. The third-order valence-corrected chi connectivity index (χ3v) is 3.26. The molecule has 0 radical (unpaired) electrons. The molecule has 62 valence electrons. The molecule has 3 rings (SSSR count). The Labute approximate surface area is 69.8 Å². The summed E-state index contributed by atoms with van der Waals surface area (Å²) in [6.45, 7) is 0. The highest BCUT2D eigenvalue weighted by Gasteiger charge is 2.48. The van der Waals surface area contributed by atoms with Crippen LogP contribution < -0.4 is 5.32 Å². The maximum Gasteiger partial charge on any atom is 0.254 e. The van der Waals surface area contributed by atoms with Crippen molar-refractivity contribution in [1.82, 2.24) is 5.32 Å². The molecule has 3 heteroatoms. The summed E-state index contributed by atoms with van der Waals surface area (Å²) in [5.74, 6) is 0.553. The van der Waals surface area contributed by atoms with E-state index in [-0.39, 0.29) is 11.8 Å². The van der Waals surface area contributed by atoms with Crippen LogP contribution in [-0.2, 0) is 9.59 Å². The molecule has 0 aromatic heterocycles. The predicted molar refractivity (Wildman–Crippen MR) is 41.0 cm³/mol. The van der Waals surface area contributed by atoms with E-state index >= 15 is 0 Å². The number of imide groups is 1. The molecular formula is C9H9NO2. The van der Waals surface area contributed by atoms with Crippen LogP contribution in [0.25, 0.3) is 0 Å². The van der Waals surface area contributed by atoms with E-state index in [1.54, 1.807) is 0 Å². The van der Waals surface area contributed by atoms with E-state index in [0.717, 1.165) is 30.4 Å². The predicted octanol–water partition coefficient (Wildman–Crippen LogP) is 0.369. The maximum atomic E-state index is 11.3. The highest BCUT2D eigenvalue weighted by atomic mass is 16.2. The molecule has 2 bridgehead atoms. The quantitative estimate of drug-likeness (QED) is 0.524. The van der Waals surface area contributed by atoms with Gasteiger partial charge in [-0.05, 0) is 31.1 Å². The average molecular weight is 163 g/mol. The lowest BCUT2D eigenvalue weighted by Crippen LogP contribution is -2.26. The largest absolute Gasteiger partial charge is 0.289 e. The minimum absolute atomic E-state index is 0.123. The molecule has 1 aliphatic heterocycles. The highest BCUT2D eigenvalue weighted by Crippen LogP contribution is 2.50. The van der Waals surface area contributed by atoms with Crippen molar-refractivity contribution in [3.05, 3.63) is 11.1 Å². The molecule has 0 saturated heterocycles. The van der Waals surface area contributed by atoms with Crippen LogP contribution in [0.2, 0.25) is 0 Å². The fourth-order valence-electron chi connectivity index (χ4n) is 2.80. The van der Waals surface area contributed by atoms with Gasteiger partial charge in [0.15, 0.2) is 0 Å². The van der Waals surface area contributed by atoms with Crippen molar-refractivity contribution in [2.24, 2.45) is 11.8 Å². The summed E-state index contributed by atoms with van der Waals surface area (Å²) in [4.78, 5) is 22.5. The van der Waals surface area contributed by atoms with Gasteiger partial charge in [0.25, 0.3) is 11.8 Å². The molecule has 1 fully saturated rings. The second-order valence-electron chi connectivity index (χ2n) is 3.82. The number of fused-ring (bicyclic) bond motifs is 4. The van der Waals surface area contributed by atoms with Crippen molar-refractivity contribution < 1.29 is 9.59 Å². The lowest BCUT2D eigenvalue weighted by atomic mass is 9.93. The van der Waals surface area contributed by atoms with Gasteiger partial charge in [-0.2, -0.15) is 0 Å². The Bertz CT molecular complexity index is 299. The second kappa shape index (κ2) is 1.79. The molecule has 2 amide bonds. The number of rotatable bonds is 0. The Hall–Kier alpha value is -1.12. The minimum atomic E-state index is -0.123. The highest BCUT2D eigenvalue weighted by molar-refractivity contribution is 6.20. The summed E-state index contributed by atoms with van der Waals surface area (Å²) in [6, 6.07) is 0. The van der Waals surface area contributed by atoms with Crippen LogP contribution in [0, 0.1) is 11.8 Å². The minimum Gasteiger partial charge on any atom is -0.289 e. The monoisotopic (exact) mass is 163 g/mol. The normalized spacial score (nSPS) is 37.7. The van der Waals surface area contributed by atoms with Gasteiger partial charge in [0.2, 0.25) is 0 Å². The van der Waals surface area contributed by atoms with Crippen LogP contribution in [0.1, 0.15) is 19.3 Å². The Morgan fingerprint density at radius 2 is 1.50 bits per heavy atom. The van der Waals surface area contributed by atoms with E-state index in [4.69, 9.17) is 0 Å². The van der Waals surface area contributed by atoms with Gasteiger partial charge in [-0.25, -0.2) is 0 Å². The van der Waals surface area contributed by atoms with Gasteiger partial charge in [0.05, 0.1) is 0 Å². The van der Waals surface area contributed by atoms with Crippen LogP contribution in [0.15, 0.2) is 11.1 Å². The van der Waals surface area contributed by atoms with Gasteiger partial charge in [0.1, 0.15) is 0 Å². The van der Waals surface area contributed by atoms with E-state index in [0.29, 0.717) is 11.8 Å². The van der Waals surface area contributed by atoms with E-state index in [1.807, 2.05) is 0 Å². The first kappa shape index (κ1) is 6.40. The van der Waals surface area contributed by atoms with Gasteiger partial charge in [0, 0.05) is 11.1 Å². The second-order valence-corrected chi connectivity index (χ2v) is 3.82. The van der Waals surface area contributed by atoms with E-state index in [2.05, 4.69) is 5.32 Å². The molecule has 0 spiro atoms. The lowest BCUT2D eigenvalue weighted by Gasteiger charge is -2.08. The fraction of sp³-hybridized carbons (Fsp3) is 0.556. The SMILES string of the molecule is O=C1NC(=O)C2=C1C1CC[C@H]2C1. The zero-order valence-electron chi connectivity index (χ0n) is 6.59. The first-order chi connectivity index (χ1) is 5.77. The Morgan fingerprint density at radius 3 is 2.00 bits per heavy atom. The molecule has 0 aromatic carbocycles. The smallest absolute Gasteiger partial charge is 0.254 e. The van der Waals surface area contributed by atoms with Gasteiger partial charge >= 0.3 is 0 Å². The van der Waals surface area contributed by atoms with Crippen LogP contribution >= 0.6 is 0 Å². The van der Waals surface area contributed by atoms with Crippen molar-refractivity contribution >= 4 is 11.8 Å². The average Bonchev–Trinajstić information content (AvgIpc) is 2.64. The molecule has 1 saturated carbocycles. The number of amides is 2. The first-order valence-corrected chi connectivity index (χ1v) is 4.37. The van der Waals surface area contributed by atoms with Crippen molar-refractivity contribution in [2.75, 3.05) is 0 Å².